The Morgan fingerprint density at radius 3 is 2.13 bits per heavy atom. The molecule has 0 bridgehead atoms. The van der Waals surface area contributed by atoms with Gasteiger partial charge in [-0.1, -0.05) is 37.3 Å². The molecular weight excluding hydrogens is 527 g/mol. The van der Waals surface area contributed by atoms with Crippen molar-refractivity contribution >= 4 is 21.9 Å². The molecule has 1 unspecified atom stereocenters. The number of ether oxygens (including phenoxy) is 1. The molecule has 3 rings (SSSR count). The molecule has 0 radical (unpaired) electrons. The lowest BCUT2D eigenvalue weighted by atomic mass is 10.0. The number of piperazine rings is 1. The monoisotopic (exact) mass is 559 g/mol. The summed E-state index contributed by atoms with van der Waals surface area (Å²) in [5, 5.41) is 10.3. The van der Waals surface area contributed by atoms with Crippen molar-refractivity contribution in [3.63, 3.8) is 0 Å². The highest BCUT2D eigenvalue weighted by atomic mass is 32.2. The molecule has 1 atom stereocenters. The summed E-state index contributed by atoms with van der Waals surface area (Å²) in [6, 6.07) is 16.1. The standard InChI is InChI=1S/C23H31N3O4S.C2HF3O2/c1-3-30-21-9-11-22(12-10-21)31(28,29)26(17-19(2)20-7-5-4-6-8-20)18-23(27)25-15-13-24-14-16-25;3-2(4,5)1(6)7/h4-12,19,24H,3,13-18H2,1-2H3;(H,6,7). The highest BCUT2D eigenvalue weighted by Crippen LogP contribution is 2.24. The van der Waals surface area contributed by atoms with Crippen LogP contribution in [0.1, 0.15) is 25.3 Å². The molecule has 1 saturated heterocycles. The molecule has 2 aromatic rings. The summed E-state index contributed by atoms with van der Waals surface area (Å²) < 4.78 is 65.4. The molecule has 38 heavy (non-hydrogen) atoms. The van der Waals surface area contributed by atoms with Crippen LogP contribution in [-0.4, -0.2) is 86.7 Å². The van der Waals surface area contributed by atoms with Crippen molar-refractivity contribution in [1.29, 1.82) is 0 Å². The van der Waals surface area contributed by atoms with Crippen LogP contribution >= 0.6 is 0 Å². The van der Waals surface area contributed by atoms with Crippen LogP contribution in [-0.2, 0) is 19.6 Å². The fourth-order valence-corrected chi connectivity index (χ4v) is 5.11. The normalized spacial score (nSPS) is 14.8. The molecule has 210 valence electrons. The number of alkyl halides is 3. The fraction of sp³-hybridized carbons (Fsp3) is 0.440. The van der Waals surface area contributed by atoms with Crippen LogP contribution in [0.2, 0.25) is 0 Å². The average Bonchev–Trinajstić information content (AvgIpc) is 2.89. The first-order chi connectivity index (χ1) is 17.9. The van der Waals surface area contributed by atoms with E-state index in [0.717, 1.165) is 18.7 Å². The zero-order valence-electron chi connectivity index (χ0n) is 21.1. The van der Waals surface area contributed by atoms with Gasteiger partial charge in [0.2, 0.25) is 15.9 Å². The number of hydrogen-bond donors (Lipinski definition) is 2. The molecule has 1 amide bonds. The summed E-state index contributed by atoms with van der Waals surface area (Å²) in [6.07, 6.45) is -5.08. The Kier molecular flexibility index (Phi) is 11.5. The third kappa shape index (κ3) is 9.30. The van der Waals surface area contributed by atoms with Crippen molar-refractivity contribution in [2.45, 2.75) is 30.8 Å². The minimum absolute atomic E-state index is 0.0607. The van der Waals surface area contributed by atoms with Crippen molar-refractivity contribution in [1.82, 2.24) is 14.5 Å². The number of rotatable bonds is 9. The van der Waals surface area contributed by atoms with E-state index in [1.165, 1.54) is 16.4 Å². The number of aliphatic carboxylic acids is 1. The van der Waals surface area contributed by atoms with E-state index < -0.39 is 22.2 Å². The number of halogens is 3. The van der Waals surface area contributed by atoms with Crippen molar-refractivity contribution in [2.75, 3.05) is 45.9 Å². The molecular formula is C25H32F3N3O6S. The van der Waals surface area contributed by atoms with Gasteiger partial charge in [-0.15, -0.1) is 0 Å². The number of carbonyl (C=O) groups is 2. The molecule has 13 heteroatoms. The summed E-state index contributed by atoms with van der Waals surface area (Å²) in [4.78, 5) is 23.7. The van der Waals surface area contributed by atoms with Gasteiger partial charge < -0.3 is 20.1 Å². The van der Waals surface area contributed by atoms with Crippen LogP contribution in [0.5, 0.6) is 5.75 Å². The first-order valence-corrected chi connectivity index (χ1v) is 13.4. The van der Waals surface area contributed by atoms with E-state index in [1.54, 1.807) is 17.0 Å². The van der Waals surface area contributed by atoms with Crippen molar-refractivity contribution in [3.05, 3.63) is 60.2 Å². The molecule has 9 nitrogen and oxygen atoms in total. The van der Waals surface area contributed by atoms with E-state index in [2.05, 4.69) is 5.32 Å². The number of nitrogens with zero attached hydrogens (tertiary/aromatic N) is 2. The molecule has 0 aliphatic carbocycles. The number of carbonyl (C=O) groups excluding carboxylic acids is 1. The minimum atomic E-state index is -5.08. The van der Waals surface area contributed by atoms with E-state index in [-0.39, 0.29) is 29.8 Å². The first kappa shape index (κ1) is 31.1. The molecule has 1 fully saturated rings. The van der Waals surface area contributed by atoms with Crippen molar-refractivity contribution in [3.8, 4) is 5.75 Å². The van der Waals surface area contributed by atoms with Crippen LogP contribution < -0.4 is 10.1 Å². The Bertz CT molecular complexity index is 1140. The highest BCUT2D eigenvalue weighted by Gasteiger charge is 2.38. The third-order valence-corrected chi connectivity index (χ3v) is 7.47. The summed E-state index contributed by atoms with van der Waals surface area (Å²) in [5.41, 5.74) is 1.03. The van der Waals surface area contributed by atoms with Crippen LogP contribution in [0.4, 0.5) is 13.2 Å². The van der Waals surface area contributed by atoms with Gasteiger partial charge in [0.05, 0.1) is 18.0 Å². The molecule has 2 aromatic carbocycles. The molecule has 1 aliphatic rings. The van der Waals surface area contributed by atoms with E-state index in [9.17, 15) is 26.4 Å². The summed E-state index contributed by atoms with van der Waals surface area (Å²) >= 11 is 0. The number of amides is 1. The van der Waals surface area contributed by atoms with Crippen LogP contribution in [0, 0.1) is 0 Å². The Morgan fingerprint density at radius 2 is 1.63 bits per heavy atom. The number of carboxylic acid groups (broad SMARTS) is 1. The largest absolute Gasteiger partial charge is 0.494 e. The Balaban J connectivity index is 0.000000638. The molecule has 2 N–H and O–H groups in total. The van der Waals surface area contributed by atoms with Gasteiger partial charge in [-0.05, 0) is 42.7 Å². The lowest BCUT2D eigenvalue weighted by Gasteiger charge is -2.31. The van der Waals surface area contributed by atoms with Gasteiger partial charge in [-0.2, -0.15) is 17.5 Å². The second kappa shape index (κ2) is 14.1. The van der Waals surface area contributed by atoms with Crippen molar-refractivity contribution in [2.24, 2.45) is 0 Å². The molecule has 1 aliphatic heterocycles. The van der Waals surface area contributed by atoms with Crippen LogP contribution in [0.15, 0.2) is 59.5 Å². The molecule has 0 saturated carbocycles. The van der Waals surface area contributed by atoms with E-state index in [4.69, 9.17) is 14.6 Å². The number of nitrogens with one attached hydrogen (secondary N) is 1. The zero-order chi connectivity index (χ0) is 28.3. The number of benzene rings is 2. The quantitative estimate of drug-likeness (QED) is 0.485. The van der Waals surface area contributed by atoms with Gasteiger partial charge in [0.25, 0.3) is 0 Å². The molecule has 0 aromatic heterocycles. The Morgan fingerprint density at radius 1 is 1.08 bits per heavy atom. The van der Waals surface area contributed by atoms with Gasteiger partial charge in [0, 0.05) is 32.7 Å². The second-order valence-corrected chi connectivity index (χ2v) is 10.4. The van der Waals surface area contributed by atoms with E-state index in [1.807, 2.05) is 44.2 Å². The fourth-order valence-electron chi connectivity index (χ4n) is 3.63. The summed E-state index contributed by atoms with van der Waals surface area (Å²) in [5.74, 6) is -2.37. The smallest absolute Gasteiger partial charge is 0.490 e. The van der Waals surface area contributed by atoms with Gasteiger partial charge >= 0.3 is 12.1 Å². The summed E-state index contributed by atoms with van der Waals surface area (Å²) in [7, 11) is -3.85. The van der Waals surface area contributed by atoms with Crippen LogP contribution in [0.3, 0.4) is 0 Å². The summed E-state index contributed by atoms with van der Waals surface area (Å²) in [6.45, 7) is 7.02. The zero-order valence-corrected chi connectivity index (χ0v) is 22.0. The predicted molar refractivity (Wildman–Crippen MR) is 134 cm³/mol. The Hall–Kier alpha value is -3.16. The molecule has 0 spiro atoms. The van der Waals surface area contributed by atoms with E-state index >= 15 is 0 Å². The third-order valence-electron chi connectivity index (χ3n) is 5.64. The lowest BCUT2D eigenvalue weighted by Crippen LogP contribution is -2.50. The maximum atomic E-state index is 13.5. The minimum Gasteiger partial charge on any atom is -0.494 e. The number of sulfonamides is 1. The average molecular weight is 560 g/mol. The van der Waals surface area contributed by atoms with Crippen LogP contribution in [0.25, 0.3) is 0 Å². The van der Waals surface area contributed by atoms with Gasteiger partial charge in [-0.25, -0.2) is 13.2 Å². The Labute approximate surface area is 220 Å². The van der Waals surface area contributed by atoms with Gasteiger partial charge in [0.15, 0.2) is 0 Å². The van der Waals surface area contributed by atoms with E-state index in [0.29, 0.717) is 25.4 Å². The predicted octanol–water partition coefficient (Wildman–Crippen LogP) is 2.94. The van der Waals surface area contributed by atoms with Crippen molar-refractivity contribution < 1.29 is 41.0 Å². The van der Waals surface area contributed by atoms with Gasteiger partial charge in [-0.3, -0.25) is 4.79 Å². The number of hydrogen-bond acceptors (Lipinski definition) is 6. The first-order valence-electron chi connectivity index (χ1n) is 11.9. The SMILES string of the molecule is CCOc1ccc(S(=O)(=O)N(CC(=O)N2CCNCC2)CC(C)c2ccccc2)cc1.O=C(O)C(F)(F)F. The maximum absolute atomic E-state index is 13.5. The lowest BCUT2D eigenvalue weighted by molar-refractivity contribution is -0.192. The second-order valence-electron chi connectivity index (χ2n) is 8.45. The topological polar surface area (TPSA) is 116 Å². The molecule has 1 heterocycles. The highest BCUT2D eigenvalue weighted by molar-refractivity contribution is 7.89. The van der Waals surface area contributed by atoms with Gasteiger partial charge in [0.1, 0.15) is 5.75 Å². The number of carboxylic acids is 1. The maximum Gasteiger partial charge on any atom is 0.490 e.